The molecule has 0 saturated heterocycles. The van der Waals surface area contributed by atoms with Crippen LogP contribution in [-0.4, -0.2) is 17.6 Å². The van der Waals surface area contributed by atoms with Crippen LogP contribution in [-0.2, 0) is 0 Å². The van der Waals surface area contributed by atoms with Crippen LogP contribution in [0.5, 0.6) is 0 Å². The van der Waals surface area contributed by atoms with Crippen LogP contribution in [0.4, 0.5) is 8.78 Å². The van der Waals surface area contributed by atoms with Crippen LogP contribution in [0.25, 0.3) is 0 Å². The zero-order valence-corrected chi connectivity index (χ0v) is 8.95. The van der Waals surface area contributed by atoms with E-state index >= 15 is 0 Å². The molecule has 82 valence electrons. The zero-order valence-electron chi connectivity index (χ0n) is 8.95. The molecular weight excluding hydrogens is 174 g/mol. The summed E-state index contributed by atoms with van der Waals surface area (Å²) in [5.41, 5.74) is 0. The summed E-state index contributed by atoms with van der Waals surface area (Å²) >= 11 is 0. The van der Waals surface area contributed by atoms with Crippen molar-refractivity contribution >= 4 is 0 Å². The molecule has 0 radical (unpaired) electrons. The molecule has 0 aliphatic rings. The van der Waals surface area contributed by atoms with Gasteiger partial charge < -0.3 is 5.11 Å². The van der Waals surface area contributed by atoms with E-state index in [4.69, 9.17) is 5.11 Å². The third-order valence-corrected chi connectivity index (χ3v) is 1.63. The summed E-state index contributed by atoms with van der Waals surface area (Å²) in [5, 5.41) is 8.20. The van der Waals surface area contributed by atoms with Crippen LogP contribution in [0.3, 0.4) is 0 Å². The molecule has 0 saturated carbocycles. The second kappa shape index (κ2) is 9.90. The maximum atomic E-state index is 12.3. The minimum absolute atomic E-state index is 0.177. The Labute approximate surface area is 80.2 Å². The first-order chi connectivity index (χ1) is 6.12. The topological polar surface area (TPSA) is 20.2 Å². The van der Waals surface area contributed by atoms with Crippen LogP contribution >= 0.6 is 0 Å². The van der Waals surface area contributed by atoms with Crippen LogP contribution in [0, 0.1) is 0 Å². The Bertz CT molecular complexity index is 94.9. The molecule has 0 aromatic heterocycles. The highest BCUT2D eigenvalue weighted by Crippen LogP contribution is 2.20. The van der Waals surface area contributed by atoms with E-state index in [0.717, 1.165) is 19.3 Å². The van der Waals surface area contributed by atoms with E-state index in [1.807, 2.05) is 20.8 Å². The Balaban J connectivity index is 0. The second-order valence-electron chi connectivity index (χ2n) is 2.82. The summed E-state index contributed by atoms with van der Waals surface area (Å²) in [6, 6.07) is 0. The summed E-state index contributed by atoms with van der Waals surface area (Å²) in [5.74, 6) is -2.85. The molecule has 0 rings (SSSR count). The monoisotopic (exact) mass is 196 g/mol. The molecule has 0 bridgehead atoms. The van der Waals surface area contributed by atoms with Crippen LogP contribution in [0.2, 0.25) is 0 Å². The Morgan fingerprint density at radius 1 is 1.08 bits per heavy atom. The lowest BCUT2D eigenvalue weighted by molar-refractivity contribution is -0.0578. The predicted octanol–water partition coefficient (Wildman–Crippen LogP) is 3.61. The maximum Gasteiger partial charge on any atom is 0.270 e. The van der Waals surface area contributed by atoms with Gasteiger partial charge in [0.2, 0.25) is 0 Å². The van der Waals surface area contributed by atoms with Crippen molar-refractivity contribution in [2.24, 2.45) is 0 Å². The standard InChI is InChI=1S/C8H16F2O.C2H6/c1-2-3-4-5-6-8(9,10)7-11;1-2/h11H,2-7H2,1H3;1-2H3. The van der Waals surface area contributed by atoms with Crippen molar-refractivity contribution in [3.63, 3.8) is 0 Å². The molecule has 0 atom stereocenters. The van der Waals surface area contributed by atoms with Crippen LogP contribution < -0.4 is 0 Å². The van der Waals surface area contributed by atoms with E-state index in [9.17, 15) is 8.78 Å². The minimum atomic E-state index is -2.85. The molecular formula is C10H22F2O. The fourth-order valence-corrected chi connectivity index (χ4v) is 0.889. The van der Waals surface area contributed by atoms with E-state index in [1.165, 1.54) is 0 Å². The quantitative estimate of drug-likeness (QED) is 0.643. The van der Waals surface area contributed by atoms with Crippen molar-refractivity contribution in [2.75, 3.05) is 6.61 Å². The zero-order chi connectivity index (χ0) is 10.7. The number of hydrogen-bond donors (Lipinski definition) is 1. The maximum absolute atomic E-state index is 12.3. The highest BCUT2D eigenvalue weighted by atomic mass is 19.3. The molecule has 0 aromatic carbocycles. The Morgan fingerprint density at radius 3 is 2.00 bits per heavy atom. The molecule has 0 spiro atoms. The molecule has 0 aliphatic carbocycles. The minimum Gasteiger partial charge on any atom is -0.390 e. The van der Waals surface area contributed by atoms with Crippen molar-refractivity contribution < 1.29 is 13.9 Å². The fourth-order valence-electron chi connectivity index (χ4n) is 0.889. The van der Waals surface area contributed by atoms with Gasteiger partial charge in [-0.05, 0) is 6.42 Å². The number of aliphatic hydroxyl groups is 1. The smallest absolute Gasteiger partial charge is 0.270 e. The van der Waals surface area contributed by atoms with Gasteiger partial charge in [0.15, 0.2) is 0 Å². The molecule has 0 fully saturated rings. The first-order valence-corrected chi connectivity index (χ1v) is 5.11. The third-order valence-electron chi connectivity index (χ3n) is 1.63. The van der Waals surface area contributed by atoms with E-state index in [-0.39, 0.29) is 6.42 Å². The largest absolute Gasteiger partial charge is 0.390 e. The molecule has 0 aliphatic heterocycles. The highest BCUT2D eigenvalue weighted by Gasteiger charge is 2.26. The summed E-state index contributed by atoms with van der Waals surface area (Å²) in [4.78, 5) is 0. The molecule has 0 heterocycles. The molecule has 1 N–H and O–H groups in total. The Hall–Kier alpha value is -0.180. The van der Waals surface area contributed by atoms with Crippen LogP contribution in [0.1, 0.15) is 52.9 Å². The van der Waals surface area contributed by atoms with Gasteiger partial charge in [-0.2, -0.15) is 0 Å². The molecule has 1 nitrogen and oxygen atoms in total. The van der Waals surface area contributed by atoms with E-state index in [2.05, 4.69) is 0 Å². The summed E-state index contributed by atoms with van der Waals surface area (Å²) in [7, 11) is 0. The lowest BCUT2D eigenvalue weighted by atomic mass is 10.1. The van der Waals surface area contributed by atoms with Gasteiger partial charge in [0.1, 0.15) is 6.61 Å². The van der Waals surface area contributed by atoms with Gasteiger partial charge in [-0.1, -0.05) is 40.0 Å². The summed E-state index contributed by atoms with van der Waals surface area (Å²) in [6.07, 6.45) is 3.23. The predicted molar refractivity (Wildman–Crippen MR) is 52.1 cm³/mol. The lowest BCUT2D eigenvalue weighted by Gasteiger charge is -2.11. The Kier molecular flexibility index (Phi) is 11.7. The van der Waals surface area contributed by atoms with E-state index in [0.29, 0.717) is 6.42 Å². The number of aliphatic hydroxyl groups excluding tert-OH is 1. The second-order valence-corrected chi connectivity index (χ2v) is 2.82. The van der Waals surface area contributed by atoms with Crippen molar-refractivity contribution in [3.05, 3.63) is 0 Å². The van der Waals surface area contributed by atoms with Crippen molar-refractivity contribution in [2.45, 2.75) is 58.8 Å². The fraction of sp³-hybridized carbons (Fsp3) is 1.00. The van der Waals surface area contributed by atoms with Gasteiger partial charge in [-0.25, -0.2) is 8.78 Å². The molecule has 13 heavy (non-hydrogen) atoms. The number of hydrogen-bond acceptors (Lipinski definition) is 1. The lowest BCUT2D eigenvalue weighted by Crippen LogP contribution is -2.20. The number of rotatable bonds is 6. The highest BCUT2D eigenvalue weighted by molar-refractivity contribution is 4.63. The Morgan fingerprint density at radius 2 is 1.62 bits per heavy atom. The SMILES string of the molecule is CC.CCCCCCC(F)(F)CO. The number of halogens is 2. The van der Waals surface area contributed by atoms with Crippen molar-refractivity contribution in [1.82, 2.24) is 0 Å². The first kappa shape index (κ1) is 15.3. The average molecular weight is 196 g/mol. The summed E-state index contributed by atoms with van der Waals surface area (Å²) in [6.45, 7) is 5.02. The van der Waals surface area contributed by atoms with Gasteiger partial charge in [0.05, 0.1) is 0 Å². The van der Waals surface area contributed by atoms with E-state index in [1.54, 1.807) is 0 Å². The molecule has 0 amide bonds. The van der Waals surface area contributed by atoms with Crippen molar-refractivity contribution in [3.8, 4) is 0 Å². The van der Waals surface area contributed by atoms with Gasteiger partial charge >= 0.3 is 0 Å². The number of alkyl halides is 2. The molecule has 3 heteroatoms. The van der Waals surface area contributed by atoms with Gasteiger partial charge in [-0.15, -0.1) is 0 Å². The van der Waals surface area contributed by atoms with Gasteiger partial charge in [0.25, 0.3) is 5.92 Å². The van der Waals surface area contributed by atoms with E-state index < -0.39 is 12.5 Å². The summed E-state index contributed by atoms with van der Waals surface area (Å²) < 4.78 is 24.7. The van der Waals surface area contributed by atoms with Gasteiger partial charge in [0, 0.05) is 6.42 Å². The molecule has 0 unspecified atom stereocenters. The third kappa shape index (κ3) is 11.8. The van der Waals surface area contributed by atoms with Crippen molar-refractivity contribution in [1.29, 1.82) is 0 Å². The normalized spacial score (nSPS) is 10.6. The van der Waals surface area contributed by atoms with Crippen LogP contribution in [0.15, 0.2) is 0 Å². The molecule has 0 aromatic rings. The number of unbranched alkanes of at least 4 members (excludes halogenated alkanes) is 3. The first-order valence-electron chi connectivity index (χ1n) is 5.11. The van der Waals surface area contributed by atoms with Gasteiger partial charge in [-0.3, -0.25) is 0 Å². The average Bonchev–Trinajstić information content (AvgIpc) is 2.16.